The van der Waals surface area contributed by atoms with Crippen LogP contribution in [0.2, 0.25) is 0 Å². The van der Waals surface area contributed by atoms with E-state index in [1.807, 2.05) is 0 Å². The van der Waals surface area contributed by atoms with Gasteiger partial charge >= 0.3 is 0 Å². The monoisotopic (exact) mass is 1050 g/mol. The van der Waals surface area contributed by atoms with E-state index in [0.717, 1.165) is 100 Å². The number of nitrogens with zero attached hydrogens (tertiary/aromatic N) is 2. The molecule has 0 saturated heterocycles. The molecule has 2 aliphatic carbocycles. The van der Waals surface area contributed by atoms with E-state index in [2.05, 4.69) is 294 Å². The van der Waals surface area contributed by atoms with Crippen molar-refractivity contribution >= 4 is 88.8 Å². The maximum Gasteiger partial charge on any atom is 0.159 e. The number of furan rings is 2. The summed E-state index contributed by atoms with van der Waals surface area (Å²) in [6, 6.07) is 88.6. The first kappa shape index (κ1) is 48.0. The summed E-state index contributed by atoms with van der Waals surface area (Å²) in [4.78, 5) is 4.87. The van der Waals surface area contributed by atoms with Crippen molar-refractivity contribution < 1.29 is 8.83 Å². The second kappa shape index (κ2) is 17.8. The van der Waals surface area contributed by atoms with E-state index in [-0.39, 0.29) is 10.8 Å². The Morgan fingerprint density at radius 3 is 1.29 bits per heavy atom. The van der Waals surface area contributed by atoms with Gasteiger partial charge in [0.1, 0.15) is 11.2 Å². The van der Waals surface area contributed by atoms with E-state index in [4.69, 9.17) is 8.83 Å². The zero-order valence-corrected chi connectivity index (χ0v) is 46.8. The Balaban J connectivity index is 0.854. The van der Waals surface area contributed by atoms with Crippen molar-refractivity contribution in [2.75, 3.05) is 9.80 Å². The molecule has 2 aliphatic rings. The predicted octanol–water partition coefficient (Wildman–Crippen LogP) is 22.1. The van der Waals surface area contributed by atoms with E-state index in [1.165, 1.54) is 66.4 Å². The quantitative estimate of drug-likeness (QED) is 0.152. The van der Waals surface area contributed by atoms with E-state index >= 15 is 0 Å². The van der Waals surface area contributed by atoms with Gasteiger partial charge in [-0.15, -0.1) is 0 Å². The van der Waals surface area contributed by atoms with E-state index in [0.29, 0.717) is 0 Å². The summed E-state index contributed by atoms with van der Waals surface area (Å²) in [5.41, 5.74) is 26.6. The van der Waals surface area contributed by atoms with Crippen LogP contribution in [0.25, 0.3) is 99.2 Å². The van der Waals surface area contributed by atoms with Crippen LogP contribution in [0.15, 0.2) is 251 Å². The number of para-hydroxylation sites is 6. The van der Waals surface area contributed by atoms with Gasteiger partial charge in [0.05, 0.1) is 17.1 Å². The maximum absolute atomic E-state index is 7.16. The molecule has 0 bridgehead atoms. The van der Waals surface area contributed by atoms with Crippen LogP contribution < -0.4 is 9.80 Å². The molecule has 0 radical (unpaired) electrons. The second-order valence-corrected chi connectivity index (χ2v) is 23.6. The van der Waals surface area contributed by atoms with Crippen LogP contribution in [0.4, 0.5) is 34.1 Å². The molecule has 16 rings (SSSR count). The summed E-state index contributed by atoms with van der Waals surface area (Å²) in [7, 11) is 0. The van der Waals surface area contributed by atoms with E-state index in [1.54, 1.807) is 0 Å². The number of hydrogen-bond acceptors (Lipinski definition) is 4. The first-order valence-electron chi connectivity index (χ1n) is 28.7. The smallest absolute Gasteiger partial charge is 0.159 e. The number of anilines is 6. The summed E-state index contributed by atoms with van der Waals surface area (Å²) >= 11 is 0. The third-order valence-electron chi connectivity index (χ3n) is 18.3. The van der Waals surface area contributed by atoms with Gasteiger partial charge in [0.2, 0.25) is 0 Å². The highest BCUT2D eigenvalue weighted by Crippen LogP contribution is 2.60. The summed E-state index contributed by atoms with van der Waals surface area (Å²) < 4.78 is 14.3. The maximum atomic E-state index is 7.16. The zero-order valence-electron chi connectivity index (χ0n) is 46.8. The average Bonchev–Trinajstić information content (AvgIpc) is 1.71. The van der Waals surface area contributed by atoms with Crippen LogP contribution in [-0.2, 0) is 10.8 Å². The van der Waals surface area contributed by atoms with E-state index < -0.39 is 0 Å². The third-order valence-corrected chi connectivity index (χ3v) is 18.3. The van der Waals surface area contributed by atoms with Gasteiger partial charge in [0, 0.05) is 66.0 Å². The SMILES string of the molecule is Cc1ccccc1N(c1ccc2c(c1)C(C)(C)c1c-2ccc2c1C(C)(C)c1cccc3c(N(c4ccccc4C)c4cccc5c4oc4c(-c6ccccc6)cccc45)ccc-2c13)c1cccc2c1oc1c(-c3ccccc3)cccc12. The highest BCUT2D eigenvalue weighted by Gasteiger charge is 2.45. The minimum Gasteiger partial charge on any atom is -0.453 e. The number of benzene rings is 12. The van der Waals surface area contributed by atoms with Crippen molar-refractivity contribution in [3.05, 3.63) is 276 Å². The molecule has 4 heteroatoms. The van der Waals surface area contributed by atoms with Crippen LogP contribution in [-0.4, -0.2) is 0 Å². The van der Waals surface area contributed by atoms with Crippen LogP contribution in [0, 0.1) is 13.8 Å². The molecule has 4 nitrogen and oxygen atoms in total. The Morgan fingerprint density at radius 1 is 0.293 bits per heavy atom. The molecule has 0 spiro atoms. The molecule has 2 aromatic heterocycles. The fraction of sp³-hybridized carbons (Fsp3) is 0.103. The average molecular weight is 1060 g/mol. The predicted molar refractivity (Wildman–Crippen MR) is 343 cm³/mol. The van der Waals surface area contributed by atoms with Crippen molar-refractivity contribution in [2.24, 2.45) is 0 Å². The lowest BCUT2D eigenvalue weighted by molar-refractivity contribution is 0.591. The number of fused-ring (bicyclic) bond motifs is 12. The molecule has 0 saturated carbocycles. The molecule has 82 heavy (non-hydrogen) atoms. The Labute approximate surface area is 477 Å². The van der Waals surface area contributed by atoms with E-state index in [9.17, 15) is 0 Å². The lowest BCUT2D eigenvalue weighted by Crippen LogP contribution is -2.29. The first-order chi connectivity index (χ1) is 40.1. The van der Waals surface area contributed by atoms with Gasteiger partial charge in [-0.3, -0.25) is 0 Å². The summed E-state index contributed by atoms with van der Waals surface area (Å²) in [6.45, 7) is 14.2. The zero-order chi connectivity index (χ0) is 55.2. The molecule has 2 heterocycles. The molecule has 14 aromatic rings. The Bertz CT molecular complexity index is 4960. The largest absolute Gasteiger partial charge is 0.453 e. The summed E-state index contributed by atoms with van der Waals surface area (Å²) in [6.07, 6.45) is 0. The van der Waals surface area contributed by atoms with Gasteiger partial charge < -0.3 is 18.6 Å². The Kier molecular flexibility index (Phi) is 10.4. The lowest BCUT2D eigenvalue weighted by atomic mass is 9.63. The highest BCUT2D eigenvalue weighted by atomic mass is 16.3. The van der Waals surface area contributed by atoms with Crippen molar-refractivity contribution in [1.29, 1.82) is 0 Å². The van der Waals surface area contributed by atoms with Gasteiger partial charge in [0.15, 0.2) is 11.2 Å². The molecule has 0 unspecified atom stereocenters. The molecule has 0 atom stereocenters. The van der Waals surface area contributed by atoms with Gasteiger partial charge in [0.25, 0.3) is 0 Å². The minimum absolute atomic E-state index is 0.352. The standard InChI is InChI=1S/C78H58N2O2/c1-47-22-13-15-36-65(47)79(68-38-20-32-60-58-30-17-28-52(73(58)81-75(60)68)49-24-9-7-10-25-49)51-40-41-54-56-42-43-57-55-44-45-67(62-34-19-35-63(70(55)62)77(3,4)72(57)71(56)78(5,6)64(54)46-51)80(66-37-16-14-23-48(66)2)69-39-21-33-61-59-31-18-29-53(74(59)82-76(61)69)50-26-11-8-12-27-50/h7-46H,1-6H3. The molecule has 0 aliphatic heterocycles. The van der Waals surface area contributed by atoms with Gasteiger partial charge in [-0.2, -0.15) is 0 Å². The van der Waals surface area contributed by atoms with Crippen LogP contribution >= 0.6 is 0 Å². The van der Waals surface area contributed by atoms with Gasteiger partial charge in [-0.25, -0.2) is 0 Å². The Morgan fingerprint density at radius 2 is 0.720 bits per heavy atom. The second-order valence-electron chi connectivity index (χ2n) is 23.6. The molecule has 0 amide bonds. The fourth-order valence-corrected chi connectivity index (χ4v) is 14.5. The van der Waals surface area contributed by atoms with Gasteiger partial charge in [-0.05, 0) is 128 Å². The van der Waals surface area contributed by atoms with Crippen molar-refractivity contribution in [3.63, 3.8) is 0 Å². The topological polar surface area (TPSA) is 32.8 Å². The summed E-state index contributed by atoms with van der Waals surface area (Å²) in [5, 5.41) is 6.90. The van der Waals surface area contributed by atoms with Gasteiger partial charge in [-0.1, -0.05) is 228 Å². The molecular formula is C78H58N2O2. The Hall–Kier alpha value is -9.90. The number of rotatable bonds is 8. The normalized spacial score (nSPS) is 13.7. The minimum atomic E-state index is -0.364. The van der Waals surface area contributed by atoms with Crippen molar-refractivity contribution in [2.45, 2.75) is 52.4 Å². The van der Waals surface area contributed by atoms with Crippen LogP contribution in [0.3, 0.4) is 0 Å². The molecular weight excluding hydrogens is 997 g/mol. The third kappa shape index (κ3) is 6.85. The van der Waals surface area contributed by atoms with Crippen LogP contribution in [0.5, 0.6) is 0 Å². The summed E-state index contributed by atoms with van der Waals surface area (Å²) in [5.74, 6) is 0. The number of aryl methyl sites for hydroxylation is 2. The molecule has 12 aromatic carbocycles. The fourth-order valence-electron chi connectivity index (χ4n) is 14.5. The molecule has 392 valence electrons. The van der Waals surface area contributed by atoms with Crippen molar-refractivity contribution in [1.82, 2.24) is 0 Å². The van der Waals surface area contributed by atoms with Crippen LogP contribution in [0.1, 0.15) is 61.1 Å². The first-order valence-corrected chi connectivity index (χ1v) is 28.7. The molecule has 0 fully saturated rings. The number of hydrogen-bond donors (Lipinski definition) is 0. The molecule has 0 N–H and O–H groups in total. The van der Waals surface area contributed by atoms with Crippen molar-refractivity contribution in [3.8, 4) is 44.5 Å². The highest BCUT2D eigenvalue weighted by molar-refractivity contribution is 6.17. The lowest BCUT2D eigenvalue weighted by Gasteiger charge is -2.40.